The zero-order valence-electron chi connectivity index (χ0n) is 9.29. The minimum Gasteiger partial charge on any atom is -0.348 e. The van der Waals surface area contributed by atoms with Gasteiger partial charge in [0.25, 0.3) is 0 Å². The summed E-state index contributed by atoms with van der Waals surface area (Å²) in [6.07, 6.45) is 0.574. The molecule has 0 saturated carbocycles. The van der Waals surface area contributed by atoms with Gasteiger partial charge in [-0.25, -0.2) is 4.98 Å². The van der Waals surface area contributed by atoms with Gasteiger partial charge < -0.3 is 10.1 Å². The van der Waals surface area contributed by atoms with Crippen LogP contribution in [0.4, 0.5) is 0 Å². The van der Waals surface area contributed by atoms with Crippen molar-refractivity contribution in [2.24, 2.45) is 0 Å². The topological polar surface area (TPSA) is 82.9 Å². The molecule has 0 aliphatic carbocycles. The van der Waals surface area contributed by atoms with E-state index in [2.05, 4.69) is 10.3 Å². The Morgan fingerprint density at radius 2 is 2.33 bits per heavy atom. The molecule has 1 aromatic carbocycles. The summed E-state index contributed by atoms with van der Waals surface area (Å²) in [5.41, 5.74) is 0.765. The van der Waals surface area contributed by atoms with Crippen LogP contribution in [0.5, 0.6) is 0 Å². The number of rotatable bonds is 4. The highest BCUT2D eigenvalue weighted by Gasteiger charge is 2.23. The molecule has 0 aliphatic heterocycles. The molecular weight excluding hydrogens is 250 g/mol. The van der Waals surface area contributed by atoms with Gasteiger partial charge in [0.1, 0.15) is 11.3 Å². The monoisotopic (exact) mass is 259 g/mol. The number of aromatic nitrogens is 1. The zero-order valence-corrected chi connectivity index (χ0v) is 10.1. The lowest BCUT2D eigenvalue weighted by Gasteiger charge is -2.04. The summed E-state index contributed by atoms with van der Waals surface area (Å²) in [7, 11) is 0. The molecule has 1 heterocycles. The third-order valence-electron chi connectivity index (χ3n) is 2.31. The molecule has 0 bridgehead atoms. The normalized spacial score (nSPS) is 11.7. The smallest absolute Gasteiger partial charge is 0.244 e. The fourth-order valence-corrected chi connectivity index (χ4v) is 2.50. The lowest BCUT2D eigenvalue weighted by molar-refractivity contribution is -0.122. The van der Waals surface area contributed by atoms with E-state index in [0.29, 0.717) is 11.3 Å². The van der Waals surface area contributed by atoms with Crippen LogP contribution in [0.15, 0.2) is 24.3 Å². The van der Waals surface area contributed by atoms with Crippen molar-refractivity contribution in [2.75, 3.05) is 6.54 Å². The summed E-state index contributed by atoms with van der Waals surface area (Å²) < 4.78 is 0.927. The fraction of sp³-hybridized carbons (Fsp3) is 0.167. The number of carbonyl (C=O) groups excluding carboxylic acids is 2. The SMILES string of the molecule is N#CC(C(=O)NCC=O)c1nc2ccccc2s1. The summed E-state index contributed by atoms with van der Waals surface area (Å²) in [4.78, 5) is 26.1. The molecule has 2 rings (SSSR count). The Labute approximate surface area is 107 Å². The van der Waals surface area contributed by atoms with E-state index in [1.807, 2.05) is 30.3 Å². The molecule has 0 radical (unpaired) electrons. The number of benzene rings is 1. The predicted octanol–water partition coefficient (Wildman–Crippen LogP) is 1.22. The highest BCUT2D eigenvalue weighted by Crippen LogP contribution is 2.27. The molecule has 1 unspecified atom stereocenters. The number of hydrogen-bond donors (Lipinski definition) is 1. The maximum absolute atomic E-state index is 11.7. The summed E-state index contributed by atoms with van der Waals surface area (Å²) in [5, 5.41) is 11.9. The average molecular weight is 259 g/mol. The highest BCUT2D eigenvalue weighted by molar-refractivity contribution is 7.18. The standard InChI is InChI=1S/C12H9N3O2S/c13-7-8(11(17)14-5-6-16)12-15-9-3-1-2-4-10(9)18-12/h1-4,6,8H,5H2,(H,14,17). The second kappa shape index (κ2) is 5.38. The zero-order chi connectivity index (χ0) is 13.0. The van der Waals surface area contributed by atoms with Gasteiger partial charge in [-0.2, -0.15) is 5.26 Å². The maximum atomic E-state index is 11.7. The molecule has 90 valence electrons. The molecule has 2 aromatic rings. The number of fused-ring (bicyclic) bond motifs is 1. The molecule has 1 aromatic heterocycles. The van der Waals surface area contributed by atoms with Crippen molar-refractivity contribution in [3.8, 4) is 6.07 Å². The van der Waals surface area contributed by atoms with E-state index < -0.39 is 11.8 Å². The van der Waals surface area contributed by atoms with Gasteiger partial charge in [-0.05, 0) is 12.1 Å². The third-order valence-corrected chi connectivity index (χ3v) is 3.41. The van der Waals surface area contributed by atoms with Gasteiger partial charge in [-0.3, -0.25) is 4.79 Å². The van der Waals surface area contributed by atoms with Crippen molar-refractivity contribution in [1.82, 2.24) is 10.3 Å². The minimum atomic E-state index is -0.970. The molecular formula is C12H9N3O2S. The first-order valence-corrected chi connectivity index (χ1v) is 6.04. The van der Waals surface area contributed by atoms with Gasteiger partial charge in [-0.15, -0.1) is 11.3 Å². The number of hydrogen-bond acceptors (Lipinski definition) is 5. The van der Waals surface area contributed by atoms with E-state index in [9.17, 15) is 9.59 Å². The lowest BCUT2D eigenvalue weighted by Crippen LogP contribution is -2.30. The Kier molecular flexibility index (Phi) is 3.65. The molecule has 18 heavy (non-hydrogen) atoms. The molecule has 0 aliphatic rings. The van der Waals surface area contributed by atoms with Crippen LogP contribution in [-0.2, 0) is 9.59 Å². The molecule has 1 amide bonds. The summed E-state index contributed by atoms with van der Waals surface area (Å²) in [6.45, 7) is -0.0953. The number of amides is 1. The molecule has 1 N–H and O–H groups in total. The Morgan fingerprint density at radius 3 is 3.00 bits per heavy atom. The van der Waals surface area contributed by atoms with E-state index in [1.54, 1.807) is 0 Å². The van der Waals surface area contributed by atoms with Crippen LogP contribution in [0.1, 0.15) is 10.9 Å². The first kappa shape index (κ1) is 12.2. The summed E-state index contributed by atoms with van der Waals surface area (Å²) >= 11 is 1.31. The van der Waals surface area contributed by atoms with Crippen LogP contribution >= 0.6 is 11.3 Å². The van der Waals surface area contributed by atoms with Crippen LogP contribution in [-0.4, -0.2) is 23.7 Å². The van der Waals surface area contributed by atoms with Crippen LogP contribution in [0, 0.1) is 11.3 Å². The van der Waals surface area contributed by atoms with Crippen molar-refractivity contribution in [3.63, 3.8) is 0 Å². The van der Waals surface area contributed by atoms with E-state index in [0.717, 1.165) is 10.2 Å². The van der Waals surface area contributed by atoms with E-state index in [1.165, 1.54) is 11.3 Å². The van der Waals surface area contributed by atoms with Crippen molar-refractivity contribution in [1.29, 1.82) is 5.26 Å². The Balaban J connectivity index is 2.30. The maximum Gasteiger partial charge on any atom is 0.244 e. The van der Waals surface area contributed by atoms with Crippen molar-refractivity contribution in [2.45, 2.75) is 5.92 Å². The van der Waals surface area contributed by atoms with Gasteiger partial charge in [0.15, 0.2) is 5.92 Å². The second-order valence-electron chi connectivity index (χ2n) is 3.49. The van der Waals surface area contributed by atoms with Gasteiger partial charge in [0, 0.05) is 0 Å². The molecule has 0 saturated heterocycles. The molecule has 0 spiro atoms. The molecule has 5 nitrogen and oxygen atoms in total. The van der Waals surface area contributed by atoms with Crippen LogP contribution in [0.3, 0.4) is 0 Å². The average Bonchev–Trinajstić information content (AvgIpc) is 2.80. The predicted molar refractivity (Wildman–Crippen MR) is 67.0 cm³/mol. The Bertz CT molecular complexity index is 597. The van der Waals surface area contributed by atoms with Crippen LogP contribution in [0.2, 0.25) is 0 Å². The van der Waals surface area contributed by atoms with Gasteiger partial charge in [0.2, 0.25) is 5.91 Å². The first-order chi connectivity index (χ1) is 8.76. The number of thiazole rings is 1. The quantitative estimate of drug-likeness (QED) is 0.837. The van der Waals surface area contributed by atoms with E-state index in [4.69, 9.17) is 5.26 Å². The number of nitrogens with one attached hydrogen (secondary N) is 1. The van der Waals surface area contributed by atoms with Crippen LogP contribution < -0.4 is 5.32 Å². The Hall–Kier alpha value is -2.26. The third kappa shape index (κ3) is 2.36. The number of carbonyl (C=O) groups is 2. The molecule has 1 atom stereocenters. The molecule has 6 heteroatoms. The number of nitriles is 1. The Morgan fingerprint density at radius 1 is 1.56 bits per heavy atom. The molecule has 0 fully saturated rings. The number of aldehydes is 1. The van der Waals surface area contributed by atoms with Crippen molar-refractivity contribution < 1.29 is 9.59 Å². The minimum absolute atomic E-state index is 0.0953. The lowest BCUT2D eigenvalue weighted by atomic mass is 10.1. The second-order valence-corrected chi connectivity index (χ2v) is 4.56. The summed E-state index contributed by atoms with van der Waals surface area (Å²) in [5.74, 6) is -1.47. The number of nitrogens with zero attached hydrogens (tertiary/aromatic N) is 2. The largest absolute Gasteiger partial charge is 0.348 e. The number of para-hydroxylation sites is 1. The van der Waals surface area contributed by atoms with Crippen LogP contribution in [0.25, 0.3) is 10.2 Å². The van der Waals surface area contributed by atoms with E-state index in [-0.39, 0.29) is 6.54 Å². The van der Waals surface area contributed by atoms with Gasteiger partial charge in [-0.1, -0.05) is 12.1 Å². The van der Waals surface area contributed by atoms with Gasteiger partial charge >= 0.3 is 0 Å². The summed E-state index contributed by atoms with van der Waals surface area (Å²) in [6, 6.07) is 9.34. The first-order valence-electron chi connectivity index (χ1n) is 5.22. The van der Waals surface area contributed by atoms with Gasteiger partial charge in [0.05, 0.1) is 22.8 Å². The fourth-order valence-electron chi connectivity index (χ4n) is 1.48. The van der Waals surface area contributed by atoms with E-state index >= 15 is 0 Å². The van der Waals surface area contributed by atoms with Crippen molar-refractivity contribution in [3.05, 3.63) is 29.3 Å². The highest BCUT2D eigenvalue weighted by atomic mass is 32.1. The van der Waals surface area contributed by atoms with Crippen molar-refractivity contribution >= 4 is 33.7 Å².